The summed E-state index contributed by atoms with van der Waals surface area (Å²) in [7, 11) is 0. The molecule has 0 aliphatic carbocycles. The quantitative estimate of drug-likeness (QED) is 0.874. The molecule has 1 fully saturated rings. The monoisotopic (exact) mass is 260 g/mol. The number of hydrogen-bond acceptors (Lipinski definition) is 2. The first-order valence-electron chi connectivity index (χ1n) is 7.71. The highest BCUT2D eigenvalue weighted by Crippen LogP contribution is 2.17. The van der Waals surface area contributed by atoms with Gasteiger partial charge in [0.25, 0.3) is 0 Å². The van der Waals surface area contributed by atoms with Crippen molar-refractivity contribution < 1.29 is 0 Å². The molecule has 0 spiro atoms. The molecule has 1 heterocycles. The molecule has 0 aromatic heterocycles. The van der Waals surface area contributed by atoms with Crippen LogP contribution in [-0.2, 0) is 6.54 Å². The van der Waals surface area contributed by atoms with Gasteiger partial charge in [0.15, 0.2) is 0 Å². The van der Waals surface area contributed by atoms with Gasteiger partial charge in [-0.3, -0.25) is 4.90 Å². The summed E-state index contributed by atoms with van der Waals surface area (Å²) < 4.78 is 0. The molecule has 1 atom stereocenters. The second-order valence-electron chi connectivity index (χ2n) is 5.89. The molecule has 1 aromatic carbocycles. The molecule has 1 aromatic rings. The Hall–Kier alpha value is -0.860. The number of benzene rings is 1. The summed E-state index contributed by atoms with van der Waals surface area (Å²) in [6.07, 6.45) is 3.90. The van der Waals surface area contributed by atoms with Gasteiger partial charge in [-0.25, -0.2) is 0 Å². The Morgan fingerprint density at radius 2 is 2.11 bits per heavy atom. The highest BCUT2D eigenvalue weighted by molar-refractivity contribution is 5.29. The molecule has 0 amide bonds. The van der Waals surface area contributed by atoms with Crippen LogP contribution in [0.2, 0.25) is 0 Å². The van der Waals surface area contributed by atoms with Crippen LogP contribution in [0.15, 0.2) is 18.2 Å². The third-order valence-corrected chi connectivity index (χ3v) is 4.26. The van der Waals surface area contributed by atoms with E-state index >= 15 is 0 Å². The zero-order valence-corrected chi connectivity index (χ0v) is 12.7. The molecule has 106 valence electrons. The molecule has 1 N–H and O–H groups in total. The minimum atomic E-state index is 0.718. The van der Waals surface area contributed by atoms with E-state index in [0.717, 1.165) is 19.1 Å². The summed E-state index contributed by atoms with van der Waals surface area (Å²) in [4.78, 5) is 2.66. The van der Waals surface area contributed by atoms with E-state index in [2.05, 4.69) is 49.2 Å². The molecular weight excluding hydrogens is 232 g/mol. The van der Waals surface area contributed by atoms with E-state index in [1.807, 2.05) is 0 Å². The molecule has 1 aliphatic rings. The van der Waals surface area contributed by atoms with Crippen LogP contribution < -0.4 is 5.32 Å². The van der Waals surface area contributed by atoms with Crippen molar-refractivity contribution in [3.63, 3.8) is 0 Å². The van der Waals surface area contributed by atoms with Crippen LogP contribution in [0, 0.1) is 13.8 Å². The fraction of sp³-hybridized carbons (Fsp3) is 0.647. The first kappa shape index (κ1) is 14.5. The second-order valence-corrected chi connectivity index (χ2v) is 5.89. The molecule has 1 saturated heterocycles. The van der Waals surface area contributed by atoms with Crippen LogP contribution in [0.4, 0.5) is 0 Å². The van der Waals surface area contributed by atoms with Crippen molar-refractivity contribution >= 4 is 0 Å². The number of hydrogen-bond donors (Lipinski definition) is 1. The van der Waals surface area contributed by atoms with Crippen molar-refractivity contribution in [3.8, 4) is 0 Å². The fourth-order valence-electron chi connectivity index (χ4n) is 2.96. The van der Waals surface area contributed by atoms with Crippen molar-refractivity contribution in [3.05, 3.63) is 34.9 Å². The van der Waals surface area contributed by atoms with Gasteiger partial charge < -0.3 is 5.32 Å². The van der Waals surface area contributed by atoms with Gasteiger partial charge in [0.05, 0.1) is 0 Å². The van der Waals surface area contributed by atoms with E-state index in [-0.39, 0.29) is 0 Å². The SMILES string of the molecule is CCCN(Cc1ccc(C)c(C)c1)C1CCCNC1. The smallest absolute Gasteiger partial charge is 0.0237 e. The highest BCUT2D eigenvalue weighted by Gasteiger charge is 2.20. The third-order valence-electron chi connectivity index (χ3n) is 4.26. The zero-order chi connectivity index (χ0) is 13.7. The largest absolute Gasteiger partial charge is 0.315 e. The normalized spacial score (nSPS) is 19.9. The predicted octanol–water partition coefficient (Wildman–Crippen LogP) is 3.27. The lowest BCUT2D eigenvalue weighted by molar-refractivity contribution is 0.158. The van der Waals surface area contributed by atoms with E-state index in [1.165, 1.54) is 49.0 Å². The summed E-state index contributed by atoms with van der Waals surface area (Å²) >= 11 is 0. The molecule has 2 heteroatoms. The third kappa shape index (κ3) is 4.05. The average Bonchev–Trinajstić information content (AvgIpc) is 2.43. The Kier molecular flexibility index (Phi) is 5.41. The molecule has 0 radical (unpaired) electrons. The van der Waals surface area contributed by atoms with Crippen LogP contribution in [0.25, 0.3) is 0 Å². The minimum absolute atomic E-state index is 0.718. The van der Waals surface area contributed by atoms with Crippen molar-refractivity contribution in [2.45, 2.75) is 52.6 Å². The predicted molar refractivity (Wildman–Crippen MR) is 82.5 cm³/mol. The van der Waals surface area contributed by atoms with Crippen molar-refractivity contribution in [1.82, 2.24) is 10.2 Å². The maximum Gasteiger partial charge on any atom is 0.0237 e. The molecule has 19 heavy (non-hydrogen) atoms. The Balaban J connectivity index is 2.04. The first-order valence-corrected chi connectivity index (χ1v) is 7.71. The average molecular weight is 260 g/mol. The van der Waals surface area contributed by atoms with Gasteiger partial charge in [-0.15, -0.1) is 0 Å². The Bertz CT molecular complexity index is 394. The summed E-state index contributed by atoms with van der Waals surface area (Å²) in [5, 5.41) is 3.54. The number of aryl methyl sites for hydroxylation is 2. The van der Waals surface area contributed by atoms with E-state index < -0.39 is 0 Å². The van der Waals surface area contributed by atoms with Crippen LogP contribution in [0.3, 0.4) is 0 Å². The van der Waals surface area contributed by atoms with E-state index in [0.29, 0.717) is 0 Å². The van der Waals surface area contributed by atoms with E-state index in [4.69, 9.17) is 0 Å². The van der Waals surface area contributed by atoms with Crippen molar-refractivity contribution in [1.29, 1.82) is 0 Å². The molecule has 2 nitrogen and oxygen atoms in total. The van der Waals surface area contributed by atoms with Crippen LogP contribution in [0.5, 0.6) is 0 Å². The lowest BCUT2D eigenvalue weighted by Crippen LogP contribution is -2.45. The number of rotatable bonds is 5. The zero-order valence-electron chi connectivity index (χ0n) is 12.7. The molecule has 1 aliphatic heterocycles. The topological polar surface area (TPSA) is 15.3 Å². The highest BCUT2D eigenvalue weighted by atomic mass is 15.2. The van der Waals surface area contributed by atoms with Crippen LogP contribution >= 0.6 is 0 Å². The van der Waals surface area contributed by atoms with Gasteiger partial charge in [0.2, 0.25) is 0 Å². The molecule has 1 unspecified atom stereocenters. The molecule has 0 saturated carbocycles. The van der Waals surface area contributed by atoms with E-state index in [1.54, 1.807) is 0 Å². The first-order chi connectivity index (χ1) is 9.20. The van der Waals surface area contributed by atoms with Crippen molar-refractivity contribution in [2.24, 2.45) is 0 Å². The lowest BCUT2D eigenvalue weighted by Gasteiger charge is -2.34. The van der Waals surface area contributed by atoms with Gasteiger partial charge >= 0.3 is 0 Å². The summed E-state index contributed by atoms with van der Waals surface area (Å²) in [5.74, 6) is 0. The lowest BCUT2D eigenvalue weighted by atomic mass is 10.0. The number of nitrogens with zero attached hydrogens (tertiary/aromatic N) is 1. The summed E-state index contributed by atoms with van der Waals surface area (Å²) in [6, 6.07) is 7.62. The summed E-state index contributed by atoms with van der Waals surface area (Å²) in [5.41, 5.74) is 4.27. The van der Waals surface area contributed by atoms with Crippen molar-refractivity contribution in [2.75, 3.05) is 19.6 Å². The Morgan fingerprint density at radius 1 is 1.26 bits per heavy atom. The van der Waals surface area contributed by atoms with Gasteiger partial charge in [-0.2, -0.15) is 0 Å². The minimum Gasteiger partial charge on any atom is -0.315 e. The Labute approximate surface area is 118 Å². The summed E-state index contributed by atoms with van der Waals surface area (Å²) in [6.45, 7) is 11.3. The fourth-order valence-corrected chi connectivity index (χ4v) is 2.96. The van der Waals surface area contributed by atoms with Gasteiger partial charge in [-0.05, 0) is 62.9 Å². The number of nitrogens with one attached hydrogen (secondary N) is 1. The standard InChI is InChI=1S/C17H28N2/c1-4-10-19(17-6-5-9-18-12-17)13-16-8-7-14(2)15(3)11-16/h7-8,11,17-18H,4-6,9-10,12-13H2,1-3H3. The molecular formula is C17H28N2. The van der Waals surface area contributed by atoms with Gasteiger partial charge in [0, 0.05) is 19.1 Å². The molecule has 2 rings (SSSR count). The van der Waals surface area contributed by atoms with Crippen LogP contribution in [-0.4, -0.2) is 30.6 Å². The maximum absolute atomic E-state index is 3.54. The van der Waals surface area contributed by atoms with Gasteiger partial charge in [0.1, 0.15) is 0 Å². The van der Waals surface area contributed by atoms with E-state index in [9.17, 15) is 0 Å². The second kappa shape index (κ2) is 7.06. The van der Waals surface area contributed by atoms with Gasteiger partial charge in [-0.1, -0.05) is 25.1 Å². The number of piperidine rings is 1. The van der Waals surface area contributed by atoms with Crippen LogP contribution in [0.1, 0.15) is 42.9 Å². The maximum atomic E-state index is 3.54. The molecule has 0 bridgehead atoms. The Morgan fingerprint density at radius 3 is 2.74 bits per heavy atom.